The summed E-state index contributed by atoms with van der Waals surface area (Å²) in [4.78, 5) is 12.5. The van der Waals surface area contributed by atoms with Crippen molar-refractivity contribution < 1.29 is 28.8 Å². The number of hydrogen-bond acceptors (Lipinski definition) is 7. The van der Waals surface area contributed by atoms with Gasteiger partial charge in [-0.05, 0) is 54.2 Å². The SMILES string of the molecule is COc1c(OCc2ccccc2)cc(O)c(C=CC(=O)c2ccc(OC=S)cc2)c1OC. The summed E-state index contributed by atoms with van der Waals surface area (Å²) >= 11 is 4.64. The molecule has 164 valence electrons. The largest absolute Gasteiger partial charge is 0.507 e. The molecule has 0 spiro atoms. The second-order valence-corrected chi connectivity index (χ2v) is 6.78. The summed E-state index contributed by atoms with van der Waals surface area (Å²) in [6.45, 7) is 0.288. The van der Waals surface area contributed by atoms with Gasteiger partial charge >= 0.3 is 0 Å². The molecule has 32 heavy (non-hydrogen) atoms. The van der Waals surface area contributed by atoms with Gasteiger partial charge in [-0.1, -0.05) is 30.3 Å². The Bertz CT molecular complexity index is 1110. The summed E-state index contributed by atoms with van der Waals surface area (Å²) in [6, 6.07) is 17.6. The Hall–Kier alpha value is -3.84. The van der Waals surface area contributed by atoms with Gasteiger partial charge in [0.15, 0.2) is 22.8 Å². The molecule has 0 aliphatic carbocycles. The molecule has 0 aliphatic heterocycles. The van der Waals surface area contributed by atoms with Crippen LogP contribution in [-0.4, -0.2) is 30.7 Å². The summed E-state index contributed by atoms with van der Waals surface area (Å²) < 4.78 is 21.9. The van der Waals surface area contributed by atoms with Crippen molar-refractivity contribution in [2.45, 2.75) is 6.61 Å². The molecule has 3 rings (SSSR count). The molecule has 3 aromatic rings. The third-order valence-corrected chi connectivity index (χ3v) is 4.68. The van der Waals surface area contributed by atoms with Crippen LogP contribution in [0.4, 0.5) is 0 Å². The quantitative estimate of drug-likeness (QED) is 0.258. The van der Waals surface area contributed by atoms with Gasteiger partial charge < -0.3 is 24.1 Å². The predicted octanol–water partition coefficient (Wildman–Crippen LogP) is 5.22. The zero-order valence-electron chi connectivity index (χ0n) is 17.6. The lowest BCUT2D eigenvalue weighted by Crippen LogP contribution is -2.01. The van der Waals surface area contributed by atoms with Gasteiger partial charge in [0.05, 0.1) is 19.8 Å². The van der Waals surface area contributed by atoms with E-state index < -0.39 is 0 Å². The molecule has 0 unspecified atom stereocenters. The smallest absolute Gasteiger partial charge is 0.204 e. The minimum absolute atomic E-state index is 0.112. The fraction of sp³-hybridized carbons (Fsp3) is 0.120. The third kappa shape index (κ3) is 5.44. The maximum atomic E-state index is 12.5. The van der Waals surface area contributed by atoms with Crippen LogP contribution in [0.25, 0.3) is 6.08 Å². The average molecular weight is 451 g/mol. The van der Waals surface area contributed by atoms with Crippen LogP contribution >= 0.6 is 12.2 Å². The number of ether oxygens (including phenoxy) is 4. The molecule has 7 heteroatoms. The fourth-order valence-corrected chi connectivity index (χ4v) is 3.14. The normalized spacial score (nSPS) is 10.6. The molecule has 0 heterocycles. The van der Waals surface area contributed by atoms with Gasteiger partial charge in [0.1, 0.15) is 18.1 Å². The molecular formula is C25H22O6S. The molecule has 0 amide bonds. The van der Waals surface area contributed by atoms with E-state index in [1.165, 1.54) is 32.4 Å². The van der Waals surface area contributed by atoms with Gasteiger partial charge in [-0.3, -0.25) is 4.79 Å². The van der Waals surface area contributed by atoms with Gasteiger partial charge in [-0.15, -0.1) is 0 Å². The number of rotatable bonds is 10. The number of benzene rings is 3. The number of methoxy groups -OCH3 is 2. The van der Waals surface area contributed by atoms with Crippen LogP contribution in [0.5, 0.6) is 28.7 Å². The number of carbonyl (C=O) groups excluding carboxylic acids is 1. The van der Waals surface area contributed by atoms with E-state index in [-0.39, 0.29) is 23.9 Å². The van der Waals surface area contributed by atoms with Crippen LogP contribution in [0.15, 0.2) is 66.7 Å². The highest BCUT2D eigenvalue weighted by Crippen LogP contribution is 2.45. The van der Waals surface area contributed by atoms with Gasteiger partial charge in [0.25, 0.3) is 0 Å². The monoisotopic (exact) mass is 450 g/mol. The molecule has 6 nitrogen and oxygen atoms in total. The van der Waals surface area contributed by atoms with E-state index in [1.807, 2.05) is 30.3 Å². The van der Waals surface area contributed by atoms with Crippen molar-refractivity contribution in [3.8, 4) is 28.7 Å². The van der Waals surface area contributed by atoms with E-state index in [0.717, 1.165) is 11.1 Å². The first kappa shape index (κ1) is 22.8. The van der Waals surface area contributed by atoms with Crippen molar-refractivity contribution in [3.63, 3.8) is 0 Å². The lowest BCUT2D eigenvalue weighted by atomic mass is 10.1. The van der Waals surface area contributed by atoms with Crippen LogP contribution in [0.2, 0.25) is 0 Å². The molecule has 0 saturated carbocycles. The predicted molar refractivity (Wildman–Crippen MR) is 126 cm³/mol. The molecule has 0 radical (unpaired) electrons. The number of phenolic OH excluding ortho intramolecular Hbond substituents is 1. The minimum Gasteiger partial charge on any atom is -0.507 e. The van der Waals surface area contributed by atoms with Crippen molar-refractivity contribution in [1.82, 2.24) is 0 Å². The number of phenols is 1. The first-order chi connectivity index (χ1) is 15.6. The van der Waals surface area contributed by atoms with Crippen molar-refractivity contribution in [2.75, 3.05) is 14.2 Å². The highest BCUT2D eigenvalue weighted by atomic mass is 32.1. The van der Waals surface area contributed by atoms with E-state index in [2.05, 4.69) is 12.2 Å². The van der Waals surface area contributed by atoms with Gasteiger partial charge in [0.2, 0.25) is 5.75 Å². The minimum atomic E-state index is -0.260. The standard InChI is InChI=1S/C25H22O6S/c1-28-24-20(12-13-21(26)18-8-10-19(11-9-18)31-16-32)22(27)14-23(25(24)29-2)30-15-17-6-4-3-5-7-17/h3-14,16,27H,15H2,1-2H3. The molecular weight excluding hydrogens is 428 g/mol. The molecule has 0 aliphatic rings. The van der Waals surface area contributed by atoms with Crippen LogP contribution in [0.3, 0.4) is 0 Å². The zero-order valence-corrected chi connectivity index (χ0v) is 18.4. The summed E-state index contributed by atoms with van der Waals surface area (Å²) in [6.07, 6.45) is 2.82. The van der Waals surface area contributed by atoms with Crippen LogP contribution in [0, 0.1) is 0 Å². The topological polar surface area (TPSA) is 74.2 Å². The van der Waals surface area contributed by atoms with Crippen LogP contribution < -0.4 is 18.9 Å². The summed E-state index contributed by atoms with van der Waals surface area (Å²) in [5.74, 6) is 1.06. The second-order valence-electron chi connectivity index (χ2n) is 6.58. The maximum absolute atomic E-state index is 12.5. The molecule has 0 aromatic heterocycles. The van der Waals surface area contributed by atoms with Crippen molar-refractivity contribution in [2.24, 2.45) is 0 Å². The summed E-state index contributed by atoms with van der Waals surface area (Å²) in [5.41, 5.74) is 2.85. The number of carbonyl (C=O) groups is 1. The summed E-state index contributed by atoms with van der Waals surface area (Å²) in [5, 5.41) is 10.6. The Morgan fingerprint density at radius 3 is 2.31 bits per heavy atom. The number of thiocarbonyl (C=S) groups is 1. The second kappa shape index (κ2) is 11.0. The Balaban J connectivity index is 1.85. The van der Waals surface area contributed by atoms with E-state index in [9.17, 15) is 9.90 Å². The Labute approximate surface area is 191 Å². The number of hydrogen-bond donors (Lipinski definition) is 1. The lowest BCUT2D eigenvalue weighted by Gasteiger charge is -2.17. The van der Waals surface area contributed by atoms with Crippen LogP contribution in [-0.2, 0) is 6.61 Å². The van der Waals surface area contributed by atoms with E-state index in [1.54, 1.807) is 24.3 Å². The first-order valence-corrected chi connectivity index (χ1v) is 10.1. The zero-order chi connectivity index (χ0) is 22.9. The molecule has 0 bridgehead atoms. The fourth-order valence-electron chi connectivity index (χ4n) is 3.03. The number of allylic oxidation sites excluding steroid dienone is 1. The van der Waals surface area contributed by atoms with Gasteiger partial charge in [-0.2, -0.15) is 0 Å². The van der Waals surface area contributed by atoms with Crippen molar-refractivity contribution >= 4 is 29.6 Å². The molecule has 1 N–H and O–H groups in total. The average Bonchev–Trinajstić information content (AvgIpc) is 2.82. The van der Waals surface area contributed by atoms with Crippen molar-refractivity contribution in [3.05, 3.63) is 83.4 Å². The maximum Gasteiger partial charge on any atom is 0.204 e. The van der Waals surface area contributed by atoms with Gasteiger partial charge in [-0.25, -0.2) is 0 Å². The highest BCUT2D eigenvalue weighted by Gasteiger charge is 2.20. The Kier molecular flexibility index (Phi) is 7.83. The van der Waals surface area contributed by atoms with E-state index in [4.69, 9.17) is 18.9 Å². The molecule has 0 saturated heterocycles. The Morgan fingerprint density at radius 2 is 1.69 bits per heavy atom. The Morgan fingerprint density at radius 1 is 1.00 bits per heavy atom. The lowest BCUT2D eigenvalue weighted by molar-refractivity contribution is 0.104. The highest BCUT2D eigenvalue weighted by molar-refractivity contribution is 7.78. The third-order valence-electron chi connectivity index (χ3n) is 4.59. The van der Waals surface area contributed by atoms with E-state index in [0.29, 0.717) is 28.4 Å². The van der Waals surface area contributed by atoms with E-state index >= 15 is 0 Å². The molecule has 0 atom stereocenters. The summed E-state index contributed by atoms with van der Waals surface area (Å²) in [7, 11) is 2.93. The van der Waals surface area contributed by atoms with Gasteiger partial charge in [0, 0.05) is 11.6 Å². The first-order valence-electron chi connectivity index (χ1n) is 9.64. The number of ketones is 1. The van der Waals surface area contributed by atoms with Crippen LogP contribution in [0.1, 0.15) is 21.5 Å². The number of aromatic hydroxyl groups is 1. The van der Waals surface area contributed by atoms with Crippen molar-refractivity contribution in [1.29, 1.82) is 0 Å². The molecule has 0 fully saturated rings. The molecule has 3 aromatic carbocycles.